The Morgan fingerprint density at radius 3 is 2.88 bits per heavy atom. The second-order valence-electron chi connectivity index (χ2n) is 5.92. The number of amides is 2. The molecular formula is C17H23N3O3S. The number of carbonyl (C=O) groups is 2. The zero-order valence-corrected chi connectivity index (χ0v) is 15.0. The van der Waals surface area contributed by atoms with Crippen molar-refractivity contribution in [3.63, 3.8) is 0 Å². The minimum Gasteiger partial charge on any atom is -0.495 e. The van der Waals surface area contributed by atoms with Crippen LogP contribution in [0.1, 0.15) is 26.7 Å². The molecule has 1 aliphatic rings. The maximum absolute atomic E-state index is 12.2. The average Bonchev–Trinajstić information content (AvgIpc) is 2.87. The zero-order chi connectivity index (χ0) is 17.5. The normalized spacial score (nSPS) is 18.8. The molecule has 1 aliphatic heterocycles. The fourth-order valence-corrected chi connectivity index (χ4v) is 3.15. The van der Waals surface area contributed by atoms with E-state index in [1.165, 1.54) is 11.8 Å². The van der Waals surface area contributed by atoms with E-state index in [1.807, 2.05) is 12.1 Å². The molecule has 0 spiro atoms. The Morgan fingerprint density at radius 2 is 2.17 bits per heavy atom. The van der Waals surface area contributed by atoms with E-state index in [0.29, 0.717) is 29.1 Å². The summed E-state index contributed by atoms with van der Waals surface area (Å²) in [5, 5.41) is 5.68. The molecule has 0 bridgehead atoms. The highest BCUT2D eigenvalue weighted by atomic mass is 32.2. The molecule has 0 radical (unpaired) electrons. The van der Waals surface area contributed by atoms with Gasteiger partial charge in [0.25, 0.3) is 0 Å². The largest absolute Gasteiger partial charge is 0.495 e. The van der Waals surface area contributed by atoms with Crippen molar-refractivity contribution in [1.29, 1.82) is 0 Å². The van der Waals surface area contributed by atoms with Gasteiger partial charge in [-0.3, -0.25) is 14.6 Å². The lowest BCUT2D eigenvalue weighted by molar-refractivity contribution is -0.122. The number of benzene rings is 1. The van der Waals surface area contributed by atoms with Crippen molar-refractivity contribution >= 4 is 34.4 Å². The summed E-state index contributed by atoms with van der Waals surface area (Å²) >= 11 is 1.32. The number of methoxy groups -OCH3 is 1. The zero-order valence-electron chi connectivity index (χ0n) is 14.2. The summed E-state index contributed by atoms with van der Waals surface area (Å²) in [6, 6.07) is 7.17. The van der Waals surface area contributed by atoms with Gasteiger partial charge < -0.3 is 15.4 Å². The predicted octanol–water partition coefficient (Wildman–Crippen LogP) is 2.66. The molecule has 1 aromatic carbocycles. The first-order chi connectivity index (χ1) is 11.5. The summed E-state index contributed by atoms with van der Waals surface area (Å²) in [7, 11) is 1.55. The Kier molecular flexibility index (Phi) is 6.66. The summed E-state index contributed by atoms with van der Waals surface area (Å²) in [5.41, 5.74) is 0.597. The molecule has 130 valence electrons. The van der Waals surface area contributed by atoms with Crippen molar-refractivity contribution in [3.8, 4) is 5.75 Å². The molecule has 1 saturated heterocycles. The van der Waals surface area contributed by atoms with Gasteiger partial charge in [-0.05, 0) is 24.5 Å². The molecule has 2 rings (SSSR count). The van der Waals surface area contributed by atoms with Crippen LogP contribution in [0.4, 0.5) is 5.69 Å². The molecule has 0 aromatic heterocycles. The minimum atomic E-state index is -0.447. The number of amidine groups is 1. The second-order valence-corrected chi connectivity index (χ2v) is 7.11. The van der Waals surface area contributed by atoms with E-state index in [1.54, 1.807) is 19.2 Å². The van der Waals surface area contributed by atoms with Crippen molar-refractivity contribution in [2.75, 3.05) is 19.0 Å². The van der Waals surface area contributed by atoms with Crippen LogP contribution in [0.15, 0.2) is 29.3 Å². The van der Waals surface area contributed by atoms with Crippen LogP contribution in [0.3, 0.4) is 0 Å². The highest BCUT2D eigenvalue weighted by Gasteiger charge is 2.32. The fourth-order valence-electron chi connectivity index (χ4n) is 2.16. The van der Waals surface area contributed by atoms with Crippen LogP contribution in [0.2, 0.25) is 0 Å². The summed E-state index contributed by atoms with van der Waals surface area (Å²) in [5.74, 6) is 0.762. The Balaban J connectivity index is 1.89. The number of anilines is 1. The summed E-state index contributed by atoms with van der Waals surface area (Å²) in [6.07, 6.45) is 1.07. The standard InChI is InChI=1S/C17H23N3O3S/c1-11(2)8-9-18-17-20-16(22)14(24-17)10-15(21)19-12-6-4-5-7-13(12)23-3/h4-7,11,14H,8-10H2,1-3H3,(H,19,21)(H,18,20,22)/t14-/m0/s1. The molecule has 2 N–H and O–H groups in total. The number of para-hydroxylation sites is 2. The Hall–Kier alpha value is -2.02. The number of ether oxygens (including phenoxy) is 1. The van der Waals surface area contributed by atoms with Crippen LogP contribution in [-0.4, -0.2) is 35.9 Å². The lowest BCUT2D eigenvalue weighted by Crippen LogP contribution is -2.28. The molecule has 0 unspecified atom stereocenters. The quantitative estimate of drug-likeness (QED) is 0.793. The molecule has 2 amide bonds. The number of aliphatic imine (C=N–C) groups is 1. The van der Waals surface area contributed by atoms with Gasteiger partial charge in [-0.1, -0.05) is 37.7 Å². The van der Waals surface area contributed by atoms with Crippen molar-refractivity contribution in [2.45, 2.75) is 31.9 Å². The number of nitrogens with one attached hydrogen (secondary N) is 2. The molecule has 1 atom stereocenters. The number of hydrogen-bond donors (Lipinski definition) is 2. The van der Waals surface area contributed by atoms with Gasteiger partial charge in [0, 0.05) is 13.0 Å². The first-order valence-electron chi connectivity index (χ1n) is 7.94. The molecule has 6 nitrogen and oxygen atoms in total. The van der Waals surface area contributed by atoms with Crippen LogP contribution in [0.25, 0.3) is 0 Å². The maximum Gasteiger partial charge on any atom is 0.240 e. The molecule has 1 heterocycles. The van der Waals surface area contributed by atoms with E-state index in [9.17, 15) is 9.59 Å². The van der Waals surface area contributed by atoms with Crippen molar-refractivity contribution in [3.05, 3.63) is 24.3 Å². The number of nitrogens with zero attached hydrogens (tertiary/aromatic N) is 1. The van der Waals surface area contributed by atoms with Crippen LogP contribution >= 0.6 is 11.8 Å². The summed E-state index contributed by atoms with van der Waals surface area (Å²) in [6.45, 7) is 4.94. The first-order valence-corrected chi connectivity index (χ1v) is 8.82. The molecule has 1 aromatic rings. The van der Waals surface area contributed by atoms with E-state index in [0.717, 1.165) is 6.42 Å². The van der Waals surface area contributed by atoms with Gasteiger partial charge in [-0.15, -0.1) is 0 Å². The Bertz CT molecular complexity index is 631. The van der Waals surface area contributed by atoms with Crippen LogP contribution in [0, 0.1) is 5.92 Å². The van der Waals surface area contributed by atoms with E-state index < -0.39 is 5.25 Å². The lowest BCUT2D eigenvalue weighted by Gasteiger charge is -2.10. The average molecular weight is 349 g/mol. The number of rotatable bonds is 7. The maximum atomic E-state index is 12.2. The third kappa shape index (κ3) is 5.26. The topological polar surface area (TPSA) is 79.8 Å². The third-order valence-corrected chi connectivity index (χ3v) is 4.61. The number of carbonyl (C=O) groups excluding carboxylic acids is 2. The van der Waals surface area contributed by atoms with Gasteiger partial charge in [-0.2, -0.15) is 0 Å². The van der Waals surface area contributed by atoms with Gasteiger partial charge in [0.2, 0.25) is 11.8 Å². The van der Waals surface area contributed by atoms with Crippen LogP contribution in [0.5, 0.6) is 5.75 Å². The highest BCUT2D eigenvalue weighted by Crippen LogP contribution is 2.26. The first kappa shape index (κ1) is 18.3. The van der Waals surface area contributed by atoms with Crippen molar-refractivity contribution in [1.82, 2.24) is 5.32 Å². The summed E-state index contributed by atoms with van der Waals surface area (Å²) in [4.78, 5) is 28.5. The molecule has 24 heavy (non-hydrogen) atoms. The minimum absolute atomic E-state index is 0.0950. The molecule has 0 aliphatic carbocycles. The van der Waals surface area contributed by atoms with Gasteiger partial charge in [-0.25, -0.2) is 0 Å². The van der Waals surface area contributed by atoms with Crippen LogP contribution in [-0.2, 0) is 9.59 Å². The number of thioether (sulfide) groups is 1. The fraction of sp³-hybridized carbons (Fsp3) is 0.471. The third-order valence-electron chi connectivity index (χ3n) is 3.49. The van der Waals surface area contributed by atoms with Gasteiger partial charge in [0.05, 0.1) is 12.8 Å². The molecule has 1 fully saturated rings. The monoisotopic (exact) mass is 349 g/mol. The van der Waals surface area contributed by atoms with E-state index in [-0.39, 0.29) is 18.2 Å². The summed E-state index contributed by atoms with van der Waals surface area (Å²) < 4.78 is 5.20. The van der Waals surface area contributed by atoms with E-state index in [4.69, 9.17) is 4.74 Å². The van der Waals surface area contributed by atoms with Gasteiger partial charge in [0.1, 0.15) is 11.0 Å². The molecule has 0 saturated carbocycles. The number of hydrogen-bond acceptors (Lipinski definition) is 5. The van der Waals surface area contributed by atoms with Gasteiger partial charge in [0.15, 0.2) is 5.17 Å². The molecular weight excluding hydrogens is 326 g/mol. The van der Waals surface area contributed by atoms with Crippen LogP contribution < -0.4 is 15.4 Å². The predicted molar refractivity (Wildman–Crippen MR) is 97.5 cm³/mol. The Labute approximate surface area is 146 Å². The SMILES string of the molecule is COc1ccccc1NC(=O)C[C@@H]1SC(=NCCC(C)C)NC1=O. The highest BCUT2D eigenvalue weighted by molar-refractivity contribution is 8.15. The van der Waals surface area contributed by atoms with Crippen molar-refractivity contribution < 1.29 is 14.3 Å². The van der Waals surface area contributed by atoms with E-state index in [2.05, 4.69) is 29.5 Å². The Morgan fingerprint density at radius 1 is 1.42 bits per heavy atom. The van der Waals surface area contributed by atoms with Crippen molar-refractivity contribution in [2.24, 2.45) is 10.9 Å². The second kappa shape index (κ2) is 8.73. The molecule has 7 heteroatoms. The lowest BCUT2D eigenvalue weighted by atomic mass is 10.1. The smallest absolute Gasteiger partial charge is 0.240 e. The van der Waals surface area contributed by atoms with Gasteiger partial charge >= 0.3 is 0 Å². The van der Waals surface area contributed by atoms with E-state index >= 15 is 0 Å².